The Morgan fingerprint density at radius 3 is 2.71 bits per heavy atom. The number of hydrogen-bond donors (Lipinski definition) is 3. The lowest BCUT2D eigenvalue weighted by Gasteiger charge is -2.03. The molecule has 0 aromatic carbocycles. The summed E-state index contributed by atoms with van der Waals surface area (Å²) in [6, 6.07) is 3.56. The Balaban J connectivity index is 3.02. The van der Waals surface area contributed by atoms with Gasteiger partial charge in [-0.2, -0.15) is 0 Å². The number of allylic oxidation sites excluding steroid dienone is 1. The second-order valence-corrected chi connectivity index (χ2v) is 3.64. The minimum absolute atomic E-state index is 0.167. The van der Waals surface area contributed by atoms with E-state index in [9.17, 15) is 4.79 Å². The first kappa shape index (κ1) is 10.5. The Labute approximate surface area is 85.2 Å². The van der Waals surface area contributed by atoms with E-state index in [1.54, 1.807) is 12.1 Å². The fraction of sp³-hybridized carbons (Fsp3) is 0.111. The van der Waals surface area contributed by atoms with Gasteiger partial charge in [0.25, 0.3) is 0 Å². The van der Waals surface area contributed by atoms with Crippen molar-refractivity contribution in [2.45, 2.75) is 6.92 Å². The second-order valence-electron chi connectivity index (χ2n) is 2.70. The molecule has 1 aromatic rings. The molecule has 0 spiro atoms. The molecule has 4 N–H and O–H groups in total. The van der Waals surface area contributed by atoms with E-state index in [0.29, 0.717) is 10.5 Å². The number of rotatable bonds is 3. The van der Waals surface area contributed by atoms with Crippen LogP contribution in [0.3, 0.4) is 0 Å². The van der Waals surface area contributed by atoms with Crippen molar-refractivity contribution in [1.29, 1.82) is 5.41 Å². The largest absolute Gasteiger partial charge is 0.477 e. The fourth-order valence-corrected chi connectivity index (χ4v) is 1.63. The normalized spacial score (nSPS) is 12.1. The molecule has 0 bridgehead atoms. The summed E-state index contributed by atoms with van der Waals surface area (Å²) in [6.45, 7) is 1.53. The summed E-state index contributed by atoms with van der Waals surface area (Å²) >= 11 is 1.38. The van der Waals surface area contributed by atoms with Gasteiger partial charge in [-0.05, 0) is 18.4 Å². The third kappa shape index (κ3) is 2.00. The van der Waals surface area contributed by atoms with E-state index in [4.69, 9.17) is 16.2 Å². The van der Waals surface area contributed by atoms with Crippen molar-refractivity contribution in [3.05, 3.63) is 33.7 Å². The van der Waals surface area contributed by atoms with Crippen molar-refractivity contribution in [3.63, 3.8) is 0 Å². The van der Waals surface area contributed by atoms with E-state index in [1.165, 1.54) is 18.3 Å². The summed E-state index contributed by atoms with van der Waals surface area (Å²) in [5.74, 6) is -1.19. The lowest BCUT2D eigenvalue weighted by atomic mass is 10.1. The van der Waals surface area contributed by atoms with Crippen LogP contribution in [0, 0.1) is 5.41 Å². The zero-order valence-electron chi connectivity index (χ0n) is 7.57. The van der Waals surface area contributed by atoms with Gasteiger partial charge in [-0.15, -0.1) is 11.3 Å². The molecule has 14 heavy (non-hydrogen) atoms. The van der Waals surface area contributed by atoms with Gasteiger partial charge in [0.05, 0.1) is 10.6 Å². The van der Waals surface area contributed by atoms with E-state index < -0.39 is 5.97 Å². The van der Waals surface area contributed by atoms with E-state index in [0.717, 1.165) is 0 Å². The van der Waals surface area contributed by atoms with Gasteiger partial charge in [-0.3, -0.25) is 5.41 Å². The van der Waals surface area contributed by atoms with E-state index in [2.05, 4.69) is 0 Å². The van der Waals surface area contributed by atoms with Gasteiger partial charge in [0.1, 0.15) is 5.70 Å². The van der Waals surface area contributed by atoms with Crippen molar-refractivity contribution in [3.8, 4) is 0 Å². The van der Waals surface area contributed by atoms with E-state index >= 15 is 0 Å². The Morgan fingerprint density at radius 2 is 2.29 bits per heavy atom. The molecule has 0 amide bonds. The third-order valence-electron chi connectivity index (χ3n) is 1.78. The molecule has 0 atom stereocenters. The summed E-state index contributed by atoms with van der Waals surface area (Å²) < 4.78 is 0. The Bertz CT molecular complexity index is 393. The number of aliphatic carboxylic acids is 1. The second kappa shape index (κ2) is 4.06. The summed E-state index contributed by atoms with van der Waals surface area (Å²) in [5, 5.41) is 18.1. The van der Waals surface area contributed by atoms with Gasteiger partial charge < -0.3 is 10.8 Å². The standard InChI is InChI=1S/C9H10N2O2S/c1-5(8(11)9(12)13)7(10)6-3-2-4-14-6/h2-4,10H,11H2,1H3,(H,12,13)/b8-5-,10-7?. The van der Waals surface area contributed by atoms with Gasteiger partial charge in [0.15, 0.2) is 0 Å². The molecule has 0 aliphatic heterocycles. The molecule has 1 rings (SSSR count). The van der Waals surface area contributed by atoms with Crippen molar-refractivity contribution >= 4 is 23.0 Å². The van der Waals surface area contributed by atoms with Crippen LogP contribution in [0.4, 0.5) is 0 Å². The maximum Gasteiger partial charge on any atom is 0.352 e. The predicted octanol–water partition coefficient (Wildman–Crippen LogP) is 1.43. The highest BCUT2D eigenvalue weighted by Gasteiger charge is 2.12. The number of nitrogens with two attached hydrogens (primary N) is 1. The van der Waals surface area contributed by atoms with Crippen molar-refractivity contribution in [2.24, 2.45) is 5.73 Å². The highest BCUT2D eigenvalue weighted by Crippen LogP contribution is 2.15. The maximum atomic E-state index is 10.5. The number of thiophene rings is 1. The molecule has 0 aliphatic carbocycles. The number of hydrogen-bond acceptors (Lipinski definition) is 4. The lowest BCUT2D eigenvalue weighted by Crippen LogP contribution is -2.16. The molecule has 0 fully saturated rings. The van der Waals surface area contributed by atoms with E-state index in [-0.39, 0.29) is 11.4 Å². The maximum absolute atomic E-state index is 10.5. The van der Waals surface area contributed by atoms with Gasteiger partial charge in [0, 0.05) is 5.57 Å². The van der Waals surface area contributed by atoms with Crippen LogP contribution in [0.2, 0.25) is 0 Å². The first-order valence-electron chi connectivity index (χ1n) is 3.86. The molecule has 1 aromatic heterocycles. The molecule has 0 aliphatic rings. The van der Waals surface area contributed by atoms with Gasteiger partial charge in [-0.25, -0.2) is 4.79 Å². The average Bonchev–Trinajstić information content (AvgIpc) is 2.67. The van der Waals surface area contributed by atoms with Crippen LogP contribution in [0.1, 0.15) is 11.8 Å². The molecule has 0 saturated heterocycles. The monoisotopic (exact) mass is 210 g/mol. The molecule has 0 unspecified atom stereocenters. The lowest BCUT2D eigenvalue weighted by molar-refractivity contribution is -0.132. The minimum Gasteiger partial charge on any atom is -0.477 e. The molecule has 0 radical (unpaired) electrons. The summed E-state index contributed by atoms with van der Waals surface area (Å²) in [7, 11) is 0. The SMILES string of the molecule is C/C(C(=N)c1cccs1)=C(/N)C(=O)O. The zero-order chi connectivity index (χ0) is 10.7. The van der Waals surface area contributed by atoms with Crippen molar-refractivity contribution in [1.82, 2.24) is 0 Å². The molecule has 74 valence electrons. The summed E-state index contributed by atoms with van der Waals surface area (Å²) in [6.07, 6.45) is 0. The highest BCUT2D eigenvalue weighted by atomic mass is 32.1. The number of carboxylic acid groups (broad SMARTS) is 1. The van der Waals surface area contributed by atoms with Crippen molar-refractivity contribution in [2.75, 3.05) is 0 Å². The van der Waals surface area contributed by atoms with E-state index in [1.807, 2.05) is 5.38 Å². The number of carboxylic acids is 1. The Hall–Kier alpha value is -1.62. The molecular weight excluding hydrogens is 200 g/mol. The first-order valence-corrected chi connectivity index (χ1v) is 4.74. The topological polar surface area (TPSA) is 87.2 Å². The van der Waals surface area contributed by atoms with Gasteiger partial charge >= 0.3 is 5.97 Å². The van der Waals surface area contributed by atoms with Crippen molar-refractivity contribution < 1.29 is 9.90 Å². The highest BCUT2D eigenvalue weighted by molar-refractivity contribution is 7.12. The van der Waals surface area contributed by atoms with Crippen LogP contribution in [0.5, 0.6) is 0 Å². The van der Waals surface area contributed by atoms with Gasteiger partial charge in [-0.1, -0.05) is 6.07 Å². The zero-order valence-corrected chi connectivity index (χ0v) is 8.39. The van der Waals surface area contributed by atoms with Crippen LogP contribution in [-0.2, 0) is 4.79 Å². The van der Waals surface area contributed by atoms with Crippen LogP contribution in [0.25, 0.3) is 0 Å². The summed E-state index contributed by atoms with van der Waals surface area (Å²) in [4.78, 5) is 11.3. The average molecular weight is 210 g/mol. The summed E-state index contributed by atoms with van der Waals surface area (Å²) in [5.41, 5.74) is 5.49. The van der Waals surface area contributed by atoms with Crippen LogP contribution in [-0.4, -0.2) is 16.8 Å². The minimum atomic E-state index is -1.19. The van der Waals surface area contributed by atoms with Crippen LogP contribution in [0.15, 0.2) is 28.8 Å². The number of carbonyl (C=O) groups is 1. The Kier molecular flexibility index (Phi) is 3.03. The van der Waals surface area contributed by atoms with Crippen LogP contribution < -0.4 is 5.73 Å². The molecule has 1 heterocycles. The quantitative estimate of drug-likeness (QED) is 0.521. The van der Waals surface area contributed by atoms with Crippen LogP contribution >= 0.6 is 11.3 Å². The van der Waals surface area contributed by atoms with Gasteiger partial charge in [0.2, 0.25) is 0 Å². The molecule has 0 saturated carbocycles. The third-order valence-corrected chi connectivity index (χ3v) is 2.66. The molecule has 5 heteroatoms. The fourth-order valence-electron chi connectivity index (χ4n) is 0.901. The molecular formula is C9H10N2O2S. The first-order chi connectivity index (χ1) is 6.54. The smallest absolute Gasteiger partial charge is 0.352 e. The predicted molar refractivity (Wildman–Crippen MR) is 55.7 cm³/mol. The number of nitrogens with one attached hydrogen (secondary N) is 1. The molecule has 4 nitrogen and oxygen atoms in total. The Morgan fingerprint density at radius 1 is 1.64 bits per heavy atom.